The van der Waals surface area contributed by atoms with Crippen molar-refractivity contribution < 1.29 is 19.4 Å². The van der Waals surface area contributed by atoms with Crippen LogP contribution < -0.4 is 0 Å². The monoisotopic (exact) mass is 362 g/mol. The van der Waals surface area contributed by atoms with Crippen LogP contribution in [0, 0.1) is 17.3 Å². The van der Waals surface area contributed by atoms with Crippen LogP contribution in [0.25, 0.3) is 0 Å². The summed E-state index contributed by atoms with van der Waals surface area (Å²) in [4.78, 5) is 25.4. The summed E-state index contributed by atoms with van der Waals surface area (Å²) in [6.07, 6.45) is 3.93. The second-order valence-corrected chi connectivity index (χ2v) is 8.82. The summed E-state index contributed by atoms with van der Waals surface area (Å²) in [6, 6.07) is 6.58. The number of halogens is 1. The van der Waals surface area contributed by atoms with Crippen molar-refractivity contribution in [3.8, 4) is 0 Å². The summed E-state index contributed by atoms with van der Waals surface area (Å²) in [7, 11) is 0. The molecule has 4 fully saturated rings. The Hall–Kier alpha value is -1.39. The molecule has 4 bridgehead atoms. The Bertz CT molecular complexity index is 697. The maximum absolute atomic E-state index is 12.9. The zero-order valence-electron chi connectivity index (χ0n) is 14.3. The maximum atomic E-state index is 12.9. The number of Topliss-reactive ketones (excluding diaryl/α,β-unsaturated/α-hetero) is 1. The van der Waals surface area contributed by atoms with E-state index in [0.717, 1.165) is 32.1 Å². The van der Waals surface area contributed by atoms with Crippen molar-refractivity contribution in [2.24, 2.45) is 17.3 Å². The van der Waals surface area contributed by atoms with Crippen LogP contribution >= 0.6 is 11.6 Å². The smallest absolute Gasteiger partial charge is 0.312 e. The van der Waals surface area contributed by atoms with Crippen molar-refractivity contribution >= 4 is 23.4 Å². The first-order valence-corrected chi connectivity index (χ1v) is 9.40. The maximum Gasteiger partial charge on any atom is 0.312 e. The Morgan fingerprint density at radius 2 is 1.76 bits per heavy atom. The van der Waals surface area contributed by atoms with Gasteiger partial charge >= 0.3 is 5.97 Å². The lowest BCUT2D eigenvalue weighted by Gasteiger charge is -2.58. The van der Waals surface area contributed by atoms with Gasteiger partial charge in [-0.15, -0.1) is 0 Å². The van der Waals surface area contributed by atoms with Crippen molar-refractivity contribution in [2.45, 2.75) is 57.2 Å². The van der Waals surface area contributed by atoms with E-state index in [9.17, 15) is 14.7 Å². The highest BCUT2D eigenvalue weighted by Crippen LogP contribution is 2.62. The average molecular weight is 363 g/mol. The Morgan fingerprint density at radius 3 is 2.32 bits per heavy atom. The van der Waals surface area contributed by atoms with Crippen LogP contribution in [0.1, 0.15) is 55.8 Å². The number of rotatable bonds is 4. The number of carbonyl (C=O) groups excluding carboxylic acids is 2. The number of esters is 1. The fourth-order valence-corrected chi connectivity index (χ4v) is 5.77. The van der Waals surface area contributed by atoms with Gasteiger partial charge in [-0.2, -0.15) is 0 Å². The SMILES string of the molecule is C[C@H](OC(=O)C12C[C@H]3C[C@@H](CC(O)(C3)C1)C2)C(=O)c1ccc(Cl)cc1. The lowest BCUT2D eigenvalue weighted by atomic mass is 9.48. The molecule has 3 atom stereocenters. The molecule has 134 valence electrons. The summed E-state index contributed by atoms with van der Waals surface area (Å²) in [5.74, 6) is 0.269. The molecular weight excluding hydrogens is 340 g/mol. The zero-order chi connectivity index (χ0) is 17.8. The van der Waals surface area contributed by atoms with E-state index < -0.39 is 17.1 Å². The molecule has 0 saturated heterocycles. The van der Waals surface area contributed by atoms with E-state index in [-0.39, 0.29) is 11.8 Å². The van der Waals surface area contributed by atoms with Crippen LogP contribution in [0.2, 0.25) is 5.02 Å². The third-order valence-electron chi connectivity index (χ3n) is 6.25. The van der Waals surface area contributed by atoms with E-state index in [4.69, 9.17) is 16.3 Å². The number of ketones is 1. The number of ether oxygens (including phenoxy) is 1. The second-order valence-electron chi connectivity index (χ2n) is 8.38. The normalized spacial score (nSPS) is 36.9. The zero-order valence-corrected chi connectivity index (χ0v) is 15.1. The summed E-state index contributed by atoms with van der Waals surface area (Å²) < 4.78 is 5.59. The van der Waals surface area contributed by atoms with Gasteiger partial charge in [0.25, 0.3) is 0 Å². The van der Waals surface area contributed by atoms with E-state index in [1.54, 1.807) is 31.2 Å². The van der Waals surface area contributed by atoms with Gasteiger partial charge in [0.1, 0.15) is 0 Å². The molecule has 0 aliphatic heterocycles. The molecule has 0 heterocycles. The van der Waals surface area contributed by atoms with Crippen molar-refractivity contribution in [1.29, 1.82) is 0 Å². The third-order valence-corrected chi connectivity index (χ3v) is 6.50. The minimum absolute atomic E-state index is 0.228. The molecule has 4 nitrogen and oxygen atoms in total. The van der Waals surface area contributed by atoms with Crippen LogP contribution in [0.5, 0.6) is 0 Å². The minimum atomic E-state index is -0.837. The first kappa shape index (κ1) is 17.0. The standard InChI is InChI=1S/C20H23ClO4/c1-12(17(22)15-2-4-16(21)5-3-15)25-18(23)19-7-13-6-14(8-19)10-20(24,9-13)11-19/h2-5,12-14,24H,6-11H2,1H3/t12-,13+,14+,19?,20?/m0/s1. The van der Waals surface area contributed by atoms with E-state index in [2.05, 4.69) is 0 Å². The van der Waals surface area contributed by atoms with Crippen molar-refractivity contribution in [1.82, 2.24) is 0 Å². The molecule has 0 spiro atoms. The van der Waals surface area contributed by atoms with Crippen LogP contribution in [-0.2, 0) is 9.53 Å². The van der Waals surface area contributed by atoms with Gasteiger partial charge in [0.2, 0.25) is 5.78 Å². The Balaban J connectivity index is 1.48. The van der Waals surface area contributed by atoms with E-state index in [0.29, 0.717) is 28.8 Å². The quantitative estimate of drug-likeness (QED) is 0.654. The van der Waals surface area contributed by atoms with E-state index in [1.807, 2.05) is 0 Å². The van der Waals surface area contributed by atoms with Gasteiger partial charge in [0.05, 0.1) is 11.0 Å². The number of hydrogen-bond acceptors (Lipinski definition) is 4. The van der Waals surface area contributed by atoms with Gasteiger partial charge in [-0.1, -0.05) is 11.6 Å². The first-order valence-electron chi connectivity index (χ1n) is 9.02. The molecule has 0 radical (unpaired) electrons. The number of hydrogen-bond donors (Lipinski definition) is 1. The molecule has 0 unspecified atom stereocenters. The van der Waals surface area contributed by atoms with Crippen molar-refractivity contribution in [3.05, 3.63) is 34.9 Å². The Labute approximate surface area is 152 Å². The van der Waals surface area contributed by atoms with Crippen molar-refractivity contribution in [2.75, 3.05) is 0 Å². The highest BCUT2D eigenvalue weighted by molar-refractivity contribution is 6.30. The van der Waals surface area contributed by atoms with Gasteiger partial charge in [-0.25, -0.2) is 0 Å². The van der Waals surface area contributed by atoms with Crippen LogP contribution in [0.3, 0.4) is 0 Å². The molecule has 0 amide bonds. The van der Waals surface area contributed by atoms with E-state index >= 15 is 0 Å². The van der Waals surface area contributed by atoms with Crippen molar-refractivity contribution in [3.63, 3.8) is 0 Å². The summed E-state index contributed by atoms with van der Waals surface area (Å²) in [5, 5.41) is 11.3. The highest BCUT2D eigenvalue weighted by atomic mass is 35.5. The van der Waals surface area contributed by atoms with Gasteiger partial charge < -0.3 is 9.84 Å². The van der Waals surface area contributed by atoms with Gasteiger partial charge in [-0.05, 0) is 81.5 Å². The highest BCUT2D eigenvalue weighted by Gasteiger charge is 2.61. The minimum Gasteiger partial charge on any atom is -0.454 e. The van der Waals surface area contributed by atoms with E-state index in [1.165, 1.54) is 0 Å². The molecule has 1 aromatic rings. The summed E-state index contributed by atoms with van der Waals surface area (Å²) in [5.41, 5.74) is -0.839. The Morgan fingerprint density at radius 1 is 1.16 bits per heavy atom. The molecule has 4 saturated carbocycles. The largest absolute Gasteiger partial charge is 0.454 e. The van der Waals surface area contributed by atoms with Gasteiger partial charge in [0.15, 0.2) is 6.10 Å². The summed E-state index contributed by atoms with van der Waals surface area (Å²) >= 11 is 5.85. The predicted octanol–water partition coefficient (Wildman–Crippen LogP) is 3.79. The molecule has 25 heavy (non-hydrogen) atoms. The number of aliphatic hydroxyl groups is 1. The van der Waals surface area contributed by atoms with Crippen LogP contribution in [0.15, 0.2) is 24.3 Å². The fourth-order valence-electron chi connectivity index (χ4n) is 5.64. The molecular formula is C20H23ClO4. The molecule has 4 aliphatic carbocycles. The molecule has 0 aromatic heterocycles. The number of carbonyl (C=O) groups is 2. The molecule has 1 aromatic carbocycles. The molecule has 1 N–H and O–H groups in total. The Kier molecular flexibility index (Phi) is 3.97. The third kappa shape index (κ3) is 3.00. The first-order chi connectivity index (χ1) is 11.8. The fraction of sp³-hybridized carbons (Fsp3) is 0.600. The van der Waals surface area contributed by atoms with Crippen LogP contribution in [0.4, 0.5) is 0 Å². The lowest BCUT2D eigenvalue weighted by Crippen LogP contribution is -2.58. The summed E-state index contributed by atoms with van der Waals surface area (Å²) in [6.45, 7) is 1.62. The molecule has 5 heteroatoms. The molecule has 5 rings (SSSR count). The lowest BCUT2D eigenvalue weighted by molar-refractivity contribution is -0.197. The predicted molar refractivity (Wildman–Crippen MR) is 93.4 cm³/mol. The molecule has 4 aliphatic rings. The average Bonchev–Trinajstić information content (AvgIpc) is 2.52. The van der Waals surface area contributed by atoms with Crippen LogP contribution in [-0.4, -0.2) is 28.6 Å². The van der Waals surface area contributed by atoms with Gasteiger partial charge in [0, 0.05) is 10.6 Å². The number of benzene rings is 1. The van der Waals surface area contributed by atoms with Gasteiger partial charge in [-0.3, -0.25) is 9.59 Å². The second kappa shape index (κ2) is 5.82. The topological polar surface area (TPSA) is 63.6 Å².